The summed E-state index contributed by atoms with van der Waals surface area (Å²) in [5.74, 6) is -1.77. The van der Waals surface area contributed by atoms with Gasteiger partial charge in [0.05, 0.1) is 36.1 Å². The third-order valence-corrected chi connectivity index (χ3v) is 13.7. The van der Waals surface area contributed by atoms with E-state index < -0.39 is 73.6 Å². The molecule has 1 aromatic heterocycles. The molecule has 3 fully saturated rings. The van der Waals surface area contributed by atoms with Crippen LogP contribution in [0.5, 0.6) is 11.6 Å². The zero-order valence-corrected chi connectivity index (χ0v) is 33.3. The molecule has 54 heavy (non-hydrogen) atoms. The summed E-state index contributed by atoms with van der Waals surface area (Å²) < 4.78 is 45.3. The molecule has 3 amide bonds. The Morgan fingerprint density at radius 2 is 1.83 bits per heavy atom. The lowest BCUT2D eigenvalue weighted by Gasteiger charge is -2.31. The Morgan fingerprint density at radius 1 is 1.09 bits per heavy atom. The van der Waals surface area contributed by atoms with Crippen LogP contribution in [0, 0.1) is 17.3 Å². The lowest BCUT2D eigenvalue weighted by atomic mass is 9.87. The van der Waals surface area contributed by atoms with Crippen LogP contribution in [-0.4, -0.2) is 84.2 Å². The molecule has 15 heteroatoms. The van der Waals surface area contributed by atoms with Gasteiger partial charge in [0.25, 0.3) is 0 Å². The largest absolute Gasteiger partial charge is 0.494 e. The second-order valence-corrected chi connectivity index (χ2v) is 19.2. The first-order valence-electron chi connectivity index (χ1n) is 18.7. The highest BCUT2D eigenvalue weighted by Crippen LogP contribution is 2.58. The lowest BCUT2D eigenvalue weighted by molar-refractivity contribution is -0.141. The molecule has 2 saturated carbocycles. The summed E-state index contributed by atoms with van der Waals surface area (Å²) in [6, 6.07) is 3.16. The van der Waals surface area contributed by atoms with Crippen molar-refractivity contribution in [1.82, 2.24) is 19.9 Å². The van der Waals surface area contributed by atoms with E-state index in [2.05, 4.69) is 15.0 Å². The normalized spacial score (nSPS) is 29.2. The van der Waals surface area contributed by atoms with E-state index in [0.717, 1.165) is 12.8 Å². The fourth-order valence-corrected chi connectivity index (χ4v) is 9.16. The van der Waals surface area contributed by atoms with Crippen LogP contribution in [-0.2, 0) is 29.1 Å². The first-order chi connectivity index (χ1) is 25.4. The van der Waals surface area contributed by atoms with Crippen LogP contribution >= 0.6 is 11.6 Å². The molecule has 294 valence electrons. The van der Waals surface area contributed by atoms with Crippen molar-refractivity contribution in [1.29, 1.82) is 0 Å². The monoisotopic (exact) mass is 786 g/mol. The van der Waals surface area contributed by atoms with E-state index in [1.54, 1.807) is 52.8 Å². The Hall–Kier alpha value is -3.91. The third-order valence-electron chi connectivity index (χ3n) is 11.3. The summed E-state index contributed by atoms with van der Waals surface area (Å²) in [4.78, 5) is 62.3. The van der Waals surface area contributed by atoms with Crippen molar-refractivity contribution in [3.63, 3.8) is 0 Å². The molecule has 6 rings (SSSR count). The minimum Gasteiger partial charge on any atom is -0.494 e. The summed E-state index contributed by atoms with van der Waals surface area (Å²) in [6.45, 7) is 8.58. The molecular formula is C39H51ClN4O9S. The number of fused-ring (bicyclic) bond motifs is 3. The number of ketones is 1. The highest BCUT2D eigenvalue weighted by molar-refractivity contribution is 7.91. The van der Waals surface area contributed by atoms with Gasteiger partial charge in [0.1, 0.15) is 23.5 Å². The van der Waals surface area contributed by atoms with Gasteiger partial charge in [0, 0.05) is 28.1 Å². The molecule has 6 atom stereocenters. The zero-order chi connectivity index (χ0) is 39.2. The number of pyridine rings is 1. The van der Waals surface area contributed by atoms with Crippen molar-refractivity contribution < 1.29 is 41.8 Å². The van der Waals surface area contributed by atoms with Gasteiger partial charge in [-0.05, 0) is 90.3 Å². The fourth-order valence-electron chi connectivity index (χ4n) is 7.66. The second-order valence-electron chi connectivity index (χ2n) is 16.5. The highest BCUT2D eigenvalue weighted by Gasteiger charge is 2.63. The summed E-state index contributed by atoms with van der Waals surface area (Å²) in [6.07, 6.45) is 8.07. The van der Waals surface area contributed by atoms with Gasteiger partial charge in [0.15, 0.2) is 5.78 Å². The first kappa shape index (κ1) is 39.8. The fraction of sp³-hybridized carbons (Fsp3) is 0.615. The smallest absolute Gasteiger partial charge is 0.408 e. The molecule has 2 aliphatic carbocycles. The van der Waals surface area contributed by atoms with E-state index in [0.29, 0.717) is 60.1 Å². The van der Waals surface area contributed by atoms with Crippen LogP contribution in [0.15, 0.2) is 36.5 Å². The number of nitrogens with zero attached hydrogens (tertiary/aromatic N) is 2. The van der Waals surface area contributed by atoms with Crippen molar-refractivity contribution >= 4 is 56.1 Å². The van der Waals surface area contributed by atoms with E-state index in [4.69, 9.17) is 25.8 Å². The van der Waals surface area contributed by atoms with Crippen LogP contribution in [0.2, 0.25) is 5.02 Å². The Morgan fingerprint density at radius 3 is 2.52 bits per heavy atom. The van der Waals surface area contributed by atoms with Gasteiger partial charge in [-0.3, -0.25) is 19.1 Å². The Bertz CT molecular complexity index is 1960. The van der Waals surface area contributed by atoms with Gasteiger partial charge in [0.2, 0.25) is 27.7 Å². The number of carbonyl (C=O) groups excluding carboxylic acids is 4. The number of ether oxygens (including phenoxy) is 3. The number of hydrogen-bond acceptors (Lipinski definition) is 10. The summed E-state index contributed by atoms with van der Waals surface area (Å²) >= 11 is 6.38. The van der Waals surface area contributed by atoms with E-state index in [1.165, 1.54) is 18.2 Å². The van der Waals surface area contributed by atoms with Crippen molar-refractivity contribution in [3.05, 3.63) is 41.6 Å². The van der Waals surface area contributed by atoms with Crippen molar-refractivity contribution in [3.8, 4) is 11.6 Å². The number of methoxy groups -OCH3 is 1. The predicted molar refractivity (Wildman–Crippen MR) is 203 cm³/mol. The number of amides is 3. The average Bonchev–Trinajstić information content (AvgIpc) is 3.99. The zero-order valence-electron chi connectivity index (χ0n) is 31.8. The van der Waals surface area contributed by atoms with Gasteiger partial charge in [-0.1, -0.05) is 43.5 Å². The molecule has 0 unspecified atom stereocenters. The van der Waals surface area contributed by atoms with Gasteiger partial charge in [-0.15, -0.1) is 0 Å². The van der Waals surface area contributed by atoms with E-state index in [1.807, 2.05) is 12.2 Å². The topological polar surface area (TPSA) is 170 Å². The lowest BCUT2D eigenvalue weighted by Crippen LogP contribution is -2.53. The number of Topliss-reactive ketones (excluding diaryl/α,β-unsaturated/α-hetero) is 1. The number of hydrogen-bond donors (Lipinski definition) is 2. The second kappa shape index (κ2) is 15.0. The number of halogens is 1. The molecule has 0 bridgehead atoms. The molecule has 1 saturated heterocycles. The van der Waals surface area contributed by atoms with Crippen LogP contribution in [0.3, 0.4) is 0 Å². The molecule has 2 aliphatic heterocycles. The van der Waals surface area contributed by atoms with Crippen molar-refractivity contribution in [2.24, 2.45) is 17.3 Å². The molecule has 3 heterocycles. The Balaban J connectivity index is 1.36. The Kier molecular flexibility index (Phi) is 11.0. The summed E-state index contributed by atoms with van der Waals surface area (Å²) in [5, 5.41) is 4.50. The minimum atomic E-state index is -3.97. The van der Waals surface area contributed by atoms with Gasteiger partial charge in [-0.2, -0.15) is 0 Å². The predicted octanol–water partition coefficient (Wildman–Crippen LogP) is 5.87. The maximum absolute atomic E-state index is 14.7. The van der Waals surface area contributed by atoms with Crippen LogP contribution in [0.1, 0.15) is 92.4 Å². The van der Waals surface area contributed by atoms with E-state index in [-0.39, 0.29) is 24.8 Å². The summed E-state index contributed by atoms with van der Waals surface area (Å²) in [5.41, 5.74) is -2.10. The van der Waals surface area contributed by atoms with Crippen molar-refractivity contribution in [2.75, 3.05) is 13.7 Å². The van der Waals surface area contributed by atoms with Crippen molar-refractivity contribution in [2.45, 2.75) is 121 Å². The standard InChI is InChI=1S/C39H51ClN4O9S/c1-23-31(52-33-27-18-25(40)14-15-26(27)30(51-6)21-41-33)22-44-32(23)29(45)20-39(35(47)43-54(49,50)38(5)16-17-38)19-24(39)12-10-8-7-9-11-13-28(34(44)46)42-36(48)53-37(2,3)4/h10,12,14-15,18,21,23-24,28,31-32H,7-9,11,13,16-17,19-20,22H2,1-6H3,(H,42,48)(H,43,47)/b12-10-/t23-,24-,28+,31+,32+,39-/m1/s1. The molecule has 2 aromatic rings. The van der Waals surface area contributed by atoms with Gasteiger partial charge >= 0.3 is 6.09 Å². The van der Waals surface area contributed by atoms with E-state index in [9.17, 15) is 27.6 Å². The molecule has 13 nitrogen and oxygen atoms in total. The molecule has 1 aromatic carbocycles. The molecule has 2 N–H and O–H groups in total. The van der Waals surface area contributed by atoms with Crippen LogP contribution in [0.25, 0.3) is 10.8 Å². The molecule has 0 radical (unpaired) electrons. The number of rotatable bonds is 7. The maximum atomic E-state index is 14.7. The maximum Gasteiger partial charge on any atom is 0.408 e. The minimum absolute atomic E-state index is 0.0199. The third kappa shape index (κ3) is 8.19. The van der Waals surface area contributed by atoms with Gasteiger partial charge < -0.3 is 24.4 Å². The van der Waals surface area contributed by atoms with Crippen LogP contribution in [0.4, 0.5) is 4.79 Å². The number of sulfonamides is 1. The number of alkyl carbamates (subject to hydrolysis) is 1. The number of nitrogens with one attached hydrogen (secondary N) is 2. The number of carbonyl (C=O) groups is 4. The molecule has 0 spiro atoms. The van der Waals surface area contributed by atoms with Crippen LogP contribution < -0.4 is 19.5 Å². The highest BCUT2D eigenvalue weighted by atomic mass is 35.5. The Labute approximate surface area is 321 Å². The van der Waals surface area contributed by atoms with E-state index >= 15 is 0 Å². The quantitative estimate of drug-likeness (QED) is 0.324. The average molecular weight is 787 g/mol. The first-order valence-corrected chi connectivity index (χ1v) is 20.6. The summed E-state index contributed by atoms with van der Waals surface area (Å²) in [7, 11) is -2.43. The number of aromatic nitrogens is 1. The number of benzene rings is 1. The van der Waals surface area contributed by atoms with Gasteiger partial charge in [-0.25, -0.2) is 18.2 Å². The number of allylic oxidation sites excluding steroid dienone is 2. The molecular weight excluding hydrogens is 736 g/mol. The molecule has 4 aliphatic rings. The SMILES string of the molecule is COc1cnc(O[C@H]2CN3C(=O)[C@@H](NC(=O)OC(C)(C)C)CCCCC/C=C\[C@@H]4C[C@@]4(C(=O)NS(=O)(=O)C4(C)CC4)CC(=O)[C@@H]3[C@@H]2C)c2cc(Cl)ccc12.